The lowest BCUT2D eigenvalue weighted by atomic mass is 10.2. The fraction of sp³-hybridized carbons (Fsp3) is 0.167. The monoisotopic (exact) mass is 311 g/mol. The molecule has 0 saturated carbocycles. The molecule has 5 nitrogen and oxygen atoms in total. The smallest absolute Gasteiger partial charge is 0.244 e. The predicted octanol–water partition coefficient (Wildman–Crippen LogP) is 2.62. The SMILES string of the molecule is O=C(/C=C/c1ccc2c(c1)OCO2)NCCOc1ccccc1. The third kappa shape index (κ3) is 4.26. The van der Waals surface area contributed by atoms with Gasteiger partial charge in [0, 0.05) is 6.08 Å². The van der Waals surface area contributed by atoms with E-state index >= 15 is 0 Å². The molecule has 1 aliphatic heterocycles. The van der Waals surface area contributed by atoms with Crippen LogP contribution in [0.2, 0.25) is 0 Å². The fourth-order valence-corrected chi connectivity index (χ4v) is 2.11. The molecule has 0 unspecified atom stereocenters. The van der Waals surface area contributed by atoms with Crippen LogP contribution in [0.1, 0.15) is 5.56 Å². The minimum atomic E-state index is -0.167. The first kappa shape index (κ1) is 15.0. The average Bonchev–Trinajstić information content (AvgIpc) is 3.05. The summed E-state index contributed by atoms with van der Waals surface area (Å²) in [5.74, 6) is 2.05. The van der Waals surface area contributed by atoms with Gasteiger partial charge in [-0.15, -0.1) is 0 Å². The van der Waals surface area contributed by atoms with Crippen molar-refractivity contribution in [3.05, 3.63) is 60.2 Å². The molecule has 3 rings (SSSR count). The van der Waals surface area contributed by atoms with Crippen molar-refractivity contribution in [3.8, 4) is 17.2 Å². The molecular weight excluding hydrogens is 294 g/mol. The number of carbonyl (C=O) groups is 1. The van der Waals surface area contributed by atoms with Crippen LogP contribution >= 0.6 is 0 Å². The van der Waals surface area contributed by atoms with Crippen LogP contribution in [0.3, 0.4) is 0 Å². The highest BCUT2D eigenvalue weighted by Crippen LogP contribution is 2.32. The van der Waals surface area contributed by atoms with Gasteiger partial charge in [-0.2, -0.15) is 0 Å². The lowest BCUT2D eigenvalue weighted by Crippen LogP contribution is -2.26. The molecule has 0 radical (unpaired) electrons. The molecule has 0 bridgehead atoms. The number of fused-ring (bicyclic) bond motifs is 1. The lowest BCUT2D eigenvalue weighted by molar-refractivity contribution is -0.116. The number of benzene rings is 2. The van der Waals surface area contributed by atoms with Gasteiger partial charge in [0.15, 0.2) is 11.5 Å². The Bertz CT molecular complexity index is 697. The van der Waals surface area contributed by atoms with Crippen LogP contribution in [-0.2, 0) is 4.79 Å². The Balaban J connectivity index is 1.42. The van der Waals surface area contributed by atoms with Gasteiger partial charge in [0.25, 0.3) is 0 Å². The Morgan fingerprint density at radius 3 is 2.83 bits per heavy atom. The van der Waals surface area contributed by atoms with Crippen LogP contribution in [0.15, 0.2) is 54.6 Å². The van der Waals surface area contributed by atoms with Crippen LogP contribution < -0.4 is 19.5 Å². The van der Waals surface area contributed by atoms with Crippen molar-refractivity contribution < 1.29 is 19.0 Å². The van der Waals surface area contributed by atoms with E-state index in [1.807, 2.05) is 48.5 Å². The largest absolute Gasteiger partial charge is 0.492 e. The van der Waals surface area contributed by atoms with Gasteiger partial charge < -0.3 is 19.5 Å². The number of nitrogens with one attached hydrogen (secondary N) is 1. The summed E-state index contributed by atoms with van der Waals surface area (Å²) in [7, 11) is 0. The number of hydrogen-bond acceptors (Lipinski definition) is 4. The summed E-state index contributed by atoms with van der Waals surface area (Å²) >= 11 is 0. The minimum Gasteiger partial charge on any atom is -0.492 e. The molecular formula is C18H17NO4. The number of amides is 1. The van der Waals surface area contributed by atoms with Gasteiger partial charge in [-0.1, -0.05) is 24.3 Å². The molecule has 1 heterocycles. The summed E-state index contributed by atoms with van der Waals surface area (Å²) in [6, 6.07) is 15.0. The molecule has 0 aliphatic carbocycles. The van der Waals surface area contributed by atoms with Gasteiger partial charge >= 0.3 is 0 Å². The topological polar surface area (TPSA) is 56.8 Å². The Kier molecular flexibility index (Phi) is 4.79. The summed E-state index contributed by atoms with van der Waals surface area (Å²) in [6.45, 7) is 1.11. The van der Waals surface area contributed by atoms with E-state index in [4.69, 9.17) is 14.2 Å². The molecule has 5 heteroatoms. The number of rotatable bonds is 6. The van der Waals surface area contributed by atoms with Crippen molar-refractivity contribution in [1.29, 1.82) is 0 Å². The average molecular weight is 311 g/mol. The summed E-state index contributed by atoms with van der Waals surface area (Å²) < 4.78 is 16.0. The number of para-hydroxylation sites is 1. The van der Waals surface area contributed by atoms with Crippen LogP contribution in [-0.4, -0.2) is 25.9 Å². The summed E-state index contributed by atoms with van der Waals surface area (Å²) in [5, 5.41) is 2.77. The molecule has 0 spiro atoms. The van der Waals surface area contributed by atoms with Gasteiger partial charge in [-0.05, 0) is 35.9 Å². The maximum atomic E-state index is 11.8. The molecule has 0 saturated heterocycles. The minimum absolute atomic E-state index is 0.167. The van der Waals surface area contributed by atoms with E-state index < -0.39 is 0 Å². The van der Waals surface area contributed by atoms with Crippen LogP contribution in [0, 0.1) is 0 Å². The molecule has 2 aromatic rings. The Labute approximate surface area is 134 Å². The molecule has 1 N–H and O–H groups in total. The normalized spacial score (nSPS) is 12.3. The van der Waals surface area contributed by atoms with E-state index in [0.717, 1.165) is 17.1 Å². The number of ether oxygens (including phenoxy) is 3. The van der Waals surface area contributed by atoms with E-state index in [9.17, 15) is 4.79 Å². The van der Waals surface area contributed by atoms with Gasteiger partial charge in [0.1, 0.15) is 12.4 Å². The summed E-state index contributed by atoms with van der Waals surface area (Å²) in [5.41, 5.74) is 0.880. The molecule has 1 aliphatic rings. The second kappa shape index (κ2) is 7.35. The van der Waals surface area contributed by atoms with E-state index in [2.05, 4.69) is 5.32 Å². The van der Waals surface area contributed by atoms with E-state index in [1.54, 1.807) is 6.08 Å². The highest BCUT2D eigenvalue weighted by molar-refractivity contribution is 5.91. The van der Waals surface area contributed by atoms with Crippen molar-refractivity contribution in [2.45, 2.75) is 0 Å². The molecule has 0 fully saturated rings. The standard InChI is InChI=1S/C18H17NO4/c20-18(19-10-11-21-15-4-2-1-3-5-15)9-7-14-6-8-16-17(12-14)23-13-22-16/h1-9,12H,10-11,13H2,(H,19,20)/b9-7+. The zero-order valence-electron chi connectivity index (χ0n) is 12.5. The Hall–Kier alpha value is -2.95. The van der Waals surface area contributed by atoms with E-state index in [0.29, 0.717) is 18.9 Å². The van der Waals surface area contributed by atoms with Crippen molar-refractivity contribution in [3.63, 3.8) is 0 Å². The van der Waals surface area contributed by atoms with Gasteiger partial charge in [-0.3, -0.25) is 4.79 Å². The van der Waals surface area contributed by atoms with Crippen LogP contribution in [0.25, 0.3) is 6.08 Å². The van der Waals surface area contributed by atoms with E-state index in [-0.39, 0.29) is 12.7 Å². The third-order valence-corrected chi connectivity index (χ3v) is 3.24. The predicted molar refractivity (Wildman–Crippen MR) is 86.5 cm³/mol. The second-order valence-corrected chi connectivity index (χ2v) is 4.90. The molecule has 1 amide bonds. The third-order valence-electron chi connectivity index (χ3n) is 3.24. The van der Waals surface area contributed by atoms with Crippen molar-refractivity contribution in [1.82, 2.24) is 5.32 Å². The van der Waals surface area contributed by atoms with Crippen molar-refractivity contribution >= 4 is 12.0 Å². The van der Waals surface area contributed by atoms with Crippen LogP contribution in [0.4, 0.5) is 0 Å². The van der Waals surface area contributed by atoms with E-state index in [1.165, 1.54) is 6.08 Å². The molecule has 0 atom stereocenters. The maximum absolute atomic E-state index is 11.8. The molecule has 0 aromatic heterocycles. The molecule has 2 aromatic carbocycles. The zero-order valence-corrected chi connectivity index (χ0v) is 12.5. The Morgan fingerprint density at radius 2 is 1.96 bits per heavy atom. The quantitative estimate of drug-likeness (QED) is 0.658. The first-order valence-electron chi connectivity index (χ1n) is 7.35. The van der Waals surface area contributed by atoms with Gasteiger partial charge in [0.05, 0.1) is 6.54 Å². The summed E-state index contributed by atoms with van der Waals surface area (Å²) in [4.78, 5) is 11.8. The summed E-state index contributed by atoms with van der Waals surface area (Å²) in [6.07, 6.45) is 3.22. The highest BCUT2D eigenvalue weighted by Gasteiger charge is 2.12. The number of carbonyl (C=O) groups excluding carboxylic acids is 1. The molecule has 23 heavy (non-hydrogen) atoms. The van der Waals surface area contributed by atoms with Gasteiger partial charge in [-0.25, -0.2) is 0 Å². The van der Waals surface area contributed by atoms with Crippen molar-refractivity contribution in [2.24, 2.45) is 0 Å². The second-order valence-electron chi connectivity index (χ2n) is 4.90. The molecule has 118 valence electrons. The highest BCUT2D eigenvalue weighted by atomic mass is 16.7. The Morgan fingerprint density at radius 1 is 1.13 bits per heavy atom. The maximum Gasteiger partial charge on any atom is 0.244 e. The fourth-order valence-electron chi connectivity index (χ4n) is 2.11. The van der Waals surface area contributed by atoms with Crippen LogP contribution in [0.5, 0.6) is 17.2 Å². The number of hydrogen-bond donors (Lipinski definition) is 1. The lowest BCUT2D eigenvalue weighted by Gasteiger charge is -2.06. The first-order valence-corrected chi connectivity index (χ1v) is 7.35. The first-order chi connectivity index (χ1) is 11.3. The van der Waals surface area contributed by atoms with Gasteiger partial charge in [0.2, 0.25) is 12.7 Å². The zero-order chi connectivity index (χ0) is 15.9. The van der Waals surface area contributed by atoms with Crippen molar-refractivity contribution in [2.75, 3.05) is 19.9 Å².